The van der Waals surface area contributed by atoms with E-state index in [1.54, 1.807) is 12.1 Å². The van der Waals surface area contributed by atoms with Crippen LogP contribution in [0, 0.1) is 6.92 Å². The Bertz CT molecular complexity index is 943. The first-order valence-electron chi connectivity index (χ1n) is 8.41. The molecule has 0 spiro atoms. The molecule has 2 aromatic carbocycles. The maximum absolute atomic E-state index is 12.1. The minimum atomic E-state index is -0.0917. The van der Waals surface area contributed by atoms with Crippen LogP contribution in [0.25, 0.3) is 11.3 Å². The van der Waals surface area contributed by atoms with Gasteiger partial charge in [0.1, 0.15) is 5.75 Å². The first-order valence-corrected chi connectivity index (χ1v) is 10.0. The van der Waals surface area contributed by atoms with E-state index in [0.717, 1.165) is 16.9 Å². The van der Waals surface area contributed by atoms with Crippen molar-refractivity contribution in [1.82, 2.24) is 4.98 Å². The van der Waals surface area contributed by atoms with Crippen molar-refractivity contribution in [2.45, 2.75) is 19.8 Å². The maximum Gasteiger partial charge on any atom is 0.226 e. The lowest BCUT2D eigenvalue weighted by Gasteiger charge is -2.06. The number of carbonyl (C=O) groups is 1. The fourth-order valence-electron chi connectivity index (χ4n) is 2.46. The lowest BCUT2D eigenvalue weighted by atomic mass is 10.2. The number of nitrogens with zero attached hydrogens (tertiary/aromatic N) is 1. The van der Waals surface area contributed by atoms with Gasteiger partial charge >= 0.3 is 0 Å². The molecule has 27 heavy (non-hydrogen) atoms. The van der Waals surface area contributed by atoms with Gasteiger partial charge in [0.15, 0.2) is 5.13 Å². The van der Waals surface area contributed by atoms with Gasteiger partial charge in [-0.3, -0.25) is 4.79 Å². The zero-order valence-corrected chi connectivity index (χ0v) is 17.0. The smallest absolute Gasteiger partial charge is 0.226 e. The summed E-state index contributed by atoms with van der Waals surface area (Å²) in [5, 5.41) is 6.31. The van der Waals surface area contributed by atoms with Crippen LogP contribution in [0.3, 0.4) is 0 Å². The van der Waals surface area contributed by atoms with E-state index in [1.807, 2.05) is 42.6 Å². The zero-order chi connectivity index (χ0) is 19.2. The second kappa shape index (κ2) is 9.22. The molecule has 3 rings (SSSR count). The van der Waals surface area contributed by atoms with E-state index >= 15 is 0 Å². The Morgan fingerprint density at radius 2 is 2.07 bits per heavy atom. The number of amides is 1. The Labute approximate surface area is 172 Å². The van der Waals surface area contributed by atoms with Gasteiger partial charge in [-0.05, 0) is 49.2 Å². The molecule has 1 amide bonds. The zero-order valence-electron chi connectivity index (χ0n) is 14.7. The Morgan fingerprint density at radius 1 is 1.22 bits per heavy atom. The fourth-order valence-corrected chi connectivity index (χ4v) is 3.69. The van der Waals surface area contributed by atoms with Gasteiger partial charge in [-0.25, -0.2) is 4.98 Å². The topological polar surface area (TPSA) is 51.2 Å². The molecule has 4 nitrogen and oxygen atoms in total. The standard InChI is InChI=1S/C20H18Cl2N2O2S/c1-13-4-2-5-15(10-13)26-9-3-6-19(25)24-20-23-18(12-27-20)16-8-7-14(21)11-17(16)22/h2,4-5,7-8,10-12H,3,6,9H2,1H3,(H,23,24,25). The van der Waals surface area contributed by atoms with Gasteiger partial charge in [-0.15, -0.1) is 11.3 Å². The number of hydrogen-bond donors (Lipinski definition) is 1. The van der Waals surface area contributed by atoms with Crippen LogP contribution >= 0.6 is 34.5 Å². The van der Waals surface area contributed by atoms with Gasteiger partial charge in [0.05, 0.1) is 17.3 Å². The summed E-state index contributed by atoms with van der Waals surface area (Å²) in [4.78, 5) is 16.5. The number of halogens is 2. The summed E-state index contributed by atoms with van der Waals surface area (Å²) in [5.74, 6) is 0.728. The lowest BCUT2D eigenvalue weighted by Crippen LogP contribution is -2.12. The van der Waals surface area contributed by atoms with Crippen LogP contribution in [0.15, 0.2) is 47.8 Å². The molecule has 0 aliphatic rings. The molecule has 1 aromatic heterocycles. The number of aromatic nitrogens is 1. The molecule has 0 bridgehead atoms. The van der Waals surface area contributed by atoms with Crippen molar-refractivity contribution in [2.24, 2.45) is 0 Å². The molecular weight excluding hydrogens is 403 g/mol. The van der Waals surface area contributed by atoms with Crippen LogP contribution in [-0.4, -0.2) is 17.5 Å². The lowest BCUT2D eigenvalue weighted by molar-refractivity contribution is -0.116. The second-order valence-corrected chi connectivity index (χ2v) is 7.68. The van der Waals surface area contributed by atoms with Gasteiger partial charge in [0.25, 0.3) is 0 Å². The summed E-state index contributed by atoms with van der Waals surface area (Å²) >= 11 is 13.5. The number of rotatable bonds is 7. The van der Waals surface area contributed by atoms with Crippen LogP contribution in [-0.2, 0) is 4.79 Å². The molecule has 7 heteroatoms. The Morgan fingerprint density at radius 3 is 2.85 bits per heavy atom. The van der Waals surface area contributed by atoms with Crippen molar-refractivity contribution in [1.29, 1.82) is 0 Å². The number of carbonyl (C=O) groups excluding carboxylic acids is 1. The molecule has 0 radical (unpaired) electrons. The number of nitrogens with one attached hydrogen (secondary N) is 1. The minimum Gasteiger partial charge on any atom is -0.494 e. The monoisotopic (exact) mass is 420 g/mol. The van der Waals surface area contributed by atoms with Gasteiger partial charge in [0, 0.05) is 22.4 Å². The highest BCUT2D eigenvalue weighted by atomic mass is 35.5. The predicted octanol–water partition coefficient (Wildman–Crippen LogP) is 6.22. The van der Waals surface area contributed by atoms with E-state index in [9.17, 15) is 4.79 Å². The van der Waals surface area contributed by atoms with Gasteiger partial charge in [-0.2, -0.15) is 0 Å². The normalized spacial score (nSPS) is 10.6. The molecule has 140 valence electrons. The third kappa shape index (κ3) is 5.70. The number of thiazole rings is 1. The second-order valence-electron chi connectivity index (χ2n) is 5.98. The van der Waals surface area contributed by atoms with Gasteiger partial charge in [-0.1, -0.05) is 35.3 Å². The average Bonchev–Trinajstić information content (AvgIpc) is 3.07. The van der Waals surface area contributed by atoms with Crippen LogP contribution in [0.5, 0.6) is 5.75 Å². The highest BCUT2D eigenvalue weighted by Gasteiger charge is 2.11. The fraction of sp³-hybridized carbons (Fsp3) is 0.200. The van der Waals surface area contributed by atoms with E-state index in [4.69, 9.17) is 27.9 Å². The number of aryl methyl sites for hydroxylation is 1. The van der Waals surface area contributed by atoms with Crippen LogP contribution in [0.4, 0.5) is 5.13 Å². The van der Waals surface area contributed by atoms with Crippen molar-refractivity contribution < 1.29 is 9.53 Å². The first kappa shape index (κ1) is 19.7. The van der Waals surface area contributed by atoms with Crippen LogP contribution in [0.1, 0.15) is 18.4 Å². The number of anilines is 1. The Kier molecular flexibility index (Phi) is 6.72. The minimum absolute atomic E-state index is 0.0917. The summed E-state index contributed by atoms with van der Waals surface area (Å²) < 4.78 is 5.65. The van der Waals surface area contributed by atoms with Crippen molar-refractivity contribution in [2.75, 3.05) is 11.9 Å². The van der Waals surface area contributed by atoms with E-state index in [2.05, 4.69) is 10.3 Å². The largest absolute Gasteiger partial charge is 0.494 e. The number of benzene rings is 2. The van der Waals surface area contributed by atoms with Crippen LogP contribution < -0.4 is 10.1 Å². The van der Waals surface area contributed by atoms with E-state index in [0.29, 0.717) is 40.3 Å². The van der Waals surface area contributed by atoms with Crippen molar-refractivity contribution in [3.63, 3.8) is 0 Å². The summed E-state index contributed by atoms with van der Waals surface area (Å²) in [7, 11) is 0. The van der Waals surface area contributed by atoms with Gasteiger partial charge < -0.3 is 10.1 Å². The molecule has 0 unspecified atom stereocenters. The third-order valence-electron chi connectivity index (χ3n) is 3.76. The number of ether oxygens (including phenoxy) is 1. The third-order valence-corrected chi connectivity index (χ3v) is 5.07. The summed E-state index contributed by atoms with van der Waals surface area (Å²) in [6.45, 7) is 2.50. The summed E-state index contributed by atoms with van der Waals surface area (Å²) in [5.41, 5.74) is 2.63. The predicted molar refractivity (Wildman–Crippen MR) is 112 cm³/mol. The van der Waals surface area contributed by atoms with Crippen molar-refractivity contribution >= 4 is 45.6 Å². The average molecular weight is 421 g/mol. The molecule has 1 N–H and O–H groups in total. The molecule has 0 atom stereocenters. The first-order chi connectivity index (χ1) is 13.0. The Hall–Kier alpha value is -2.08. The summed E-state index contributed by atoms with van der Waals surface area (Å²) in [6.07, 6.45) is 0.990. The molecule has 3 aromatic rings. The summed E-state index contributed by atoms with van der Waals surface area (Å²) in [6, 6.07) is 13.1. The molecule has 0 fully saturated rings. The van der Waals surface area contributed by atoms with E-state index < -0.39 is 0 Å². The highest BCUT2D eigenvalue weighted by Crippen LogP contribution is 2.32. The van der Waals surface area contributed by atoms with Crippen molar-refractivity contribution in [3.05, 3.63) is 63.5 Å². The number of hydrogen-bond acceptors (Lipinski definition) is 4. The highest BCUT2D eigenvalue weighted by molar-refractivity contribution is 7.14. The van der Waals surface area contributed by atoms with Crippen LogP contribution in [0.2, 0.25) is 10.0 Å². The molecule has 0 aliphatic carbocycles. The Balaban J connectivity index is 1.48. The molecular formula is C20H18Cl2N2O2S. The quantitative estimate of drug-likeness (QED) is 0.461. The van der Waals surface area contributed by atoms with E-state index in [-0.39, 0.29) is 5.91 Å². The molecule has 0 saturated carbocycles. The van der Waals surface area contributed by atoms with Gasteiger partial charge in [0.2, 0.25) is 5.91 Å². The molecule has 1 heterocycles. The SMILES string of the molecule is Cc1cccc(OCCCC(=O)Nc2nc(-c3ccc(Cl)cc3Cl)cs2)c1. The van der Waals surface area contributed by atoms with E-state index in [1.165, 1.54) is 11.3 Å². The maximum atomic E-state index is 12.1. The molecule has 0 aliphatic heterocycles. The van der Waals surface area contributed by atoms with Crippen molar-refractivity contribution in [3.8, 4) is 17.0 Å². The molecule has 0 saturated heterocycles.